The molecule has 0 unspecified atom stereocenters. The van der Waals surface area contributed by atoms with Crippen LogP contribution >= 0.6 is 15.9 Å². The van der Waals surface area contributed by atoms with E-state index in [0.717, 1.165) is 24.2 Å². The number of benzene rings is 1. The van der Waals surface area contributed by atoms with Gasteiger partial charge in [-0.1, -0.05) is 34.1 Å². The fraction of sp³-hybridized carbons (Fsp3) is 0.462. The molecule has 0 amide bonds. The van der Waals surface area contributed by atoms with Crippen LogP contribution in [0.4, 0.5) is 0 Å². The van der Waals surface area contributed by atoms with Crippen LogP contribution in [0, 0.1) is 0 Å². The van der Waals surface area contributed by atoms with E-state index in [9.17, 15) is 4.79 Å². The summed E-state index contributed by atoms with van der Waals surface area (Å²) in [5.74, 6) is 0.637. The minimum Gasteiger partial charge on any atom is -0.496 e. The zero-order chi connectivity index (χ0) is 12.7. The summed E-state index contributed by atoms with van der Waals surface area (Å²) in [6.07, 6.45) is 1.52. The number of carbonyl (C=O) groups excluding carboxylic acids is 1. The van der Waals surface area contributed by atoms with E-state index < -0.39 is 0 Å². The third-order valence-electron chi connectivity index (χ3n) is 2.43. The molecule has 0 bridgehead atoms. The smallest absolute Gasteiger partial charge is 0.302 e. The van der Waals surface area contributed by atoms with E-state index >= 15 is 0 Å². The second kappa shape index (κ2) is 7.33. The Morgan fingerprint density at radius 3 is 2.71 bits per heavy atom. The van der Waals surface area contributed by atoms with E-state index in [1.807, 2.05) is 24.3 Å². The number of rotatable bonds is 6. The molecule has 0 saturated heterocycles. The monoisotopic (exact) mass is 300 g/mol. The number of hydrogen-bond acceptors (Lipinski definition) is 3. The second-order valence-corrected chi connectivity index (χ2v) is 4.38. The van der Waals surface area contributed by atoms with Crippen molar-refractivity contribution in [2.45, 2.75) is 25.9 Å². The predicted molar refractivity (Wildman–Crippen MR) is 70.7 cm³/mol. The van der Waals surface area contributed by atoms with Crippen LogP contribution in [0.1, 0.15) is 18.9 Å². The number of carbonyl (C=O) groups is 1. The summed E-state index contributed by atoms with van der Waals surface area (Å²) in [5.41, 5.74) is 1.13. The number of esters is 1. The Hall–Kier alpha value is -1.03. The maximum atomic E-state index is 10.9. The summed E-state index contributed by atoms with van der Waals surface area (Å²) in [6, 6.07) is 7.88. The van der Waals surface area contributed by atoms with Gasteiger partial charge in [0.15, 0.2) is 0 Å². The number of ether oxygens (including phenoxy) is 2. The molecular weight excluding hydrogens is 284 g/mol. The molecule has 0 aliphatic carbocycles. The minimum atomic E-state index is -0.241. The van der Waals surface area contributed by atoms with Crippen LogP contribution in [0.5, 0.6) is 5.75 Å². The number of aryl methyl sites for hydroxylation is 1. The first-order valence-corrected chi connectivity index (χ1v) is 6.64. The molecule has 1 atom stereocenters. The number of para-hydroxylation sites is 1. The van der Waals surface area contributed by atoms with Crippen LogP contribution in [0.15, 0.2) is 24.3 Å². The van der Waals surface area contributed by atoms with Crippen molar-refractivity contribution in [2.75, 3.05) is 12.4 Å². The van der Waals surface area contributed by atoms with Crippen molar-refractivity contribution in [3.8, 4) is 5.75 Å². The fourth-order valence-corrected chi connectivity index (χ4v) is 2.08. The molecule has 1 aromatic rings. The van der Waals surface area contributed by atoms with Crippen LogP contribution in [0.2, 0.25) is 0 Å². The van der Waals surface area contributed by atoms with Crippen LogP contribution in [0.3, 0.4) is 0 Å². The Labute approximate surface area is 110 Å². The lowest BCUT2D eigenvalue weighted by atomic mass is 10.1. The Balaban J connectivity index is 2.56. The van der Waals surface area contributed by atoms with E-state index in [4.69, 9.17) is 9.47 Å². The molecule has 0 fully saturated rings. The van der Waals surface area contributed by atoms with Crippen LogP contribution in [-0.2, 0) is 16.0 Å². The van der Waals surface area contributed by atoms with Crippen LogP contribution in [0.25, 0.3) is 0 Å². The molecule has 0 aliphatic rings. The summed E-state index contributed by atoms with van der Waals surface area (Å²) in [4.78, 5) is 10.9. The highest BCUT2D eigenvalue weighted by molar-refractivity contribution is 9.09. The molecule has 0 aromatic heterocycles. The first kappa shape index (κ1) is 14.0. The lowest BCUT2D eigenvalue weighted by molar-refractivity contribution is -0.145. The lowest BCUT2D eigenvalue weighted by Gasteiger charge is -2.15. The fourth-order valence-electron chi connectivity index (χ4n) is 1.63. The van der Waals surface area contributed by atoms with Crippen LogP contribution in [-0.4, -0.2) is 24.5 Å². The Morgan fingerprint density at radius 1 is 1.41 bits per heavy atom. The van der Waals surface area contributed by atoms with Gasteiger partial charge in [-0.15, -0.1) is 0 Å². The summed E-state index contributed by atoms with van der Waals surface area (Å²) >= 11 is 3.35. The van der Waals surface area contributed by atoms with Gasteiger partial charge < -0.3 is 9.47 Å². The summed E-state index contributed by atoms with van der Waals surface area (Å²) in [5, 5.41) is 0.654. The maximum Gasteiger partial charge on any atom is 0.302 e. The van der Waals surface area contributed by atoms with Crippen molar-refractivity contribution in [3.05, 3.63) is 29.8 Å². The Bertz CT molecular complexity index is 365. The molecule has 94 valence electrons. The van der Waals surface area contributed by atoms with Crippen molar-refractivity contribution >= 4 is 21.9 Å². The molecule has 0 saturated carbocycles. The third kappa shape index (κ3) is 4.77. The summed E-state index contributed by atoms with van der Waals surface area (Å²) in [6.45, 7) is 1.43. The maximum absolute atomic E-state index is 10.9. The largest absolute Gasteiger partial charge is 0.496 e. The van der Waals surface area contributed by atoms with E-state index in [2.05, 4.69) is 15.9 Å². The quantitative estimate of drug-likeness (QED) is 0.598. The zero-order valence-corrected chi connectivity index (χ0v) is 11.7. The predicted octanol–water partition coefficient (Wildman–Crippen LogP) is 2.95. The van der Waals surface area contributed by atoms with Gasteiger partial charge in [-0.05, 0) is 24.5 Å². The molecule has 0 heterocycles. The molecule has 1 aromatic carbocycles. The minimum absolute atomic E-state index is 0.0857. The number of methoxy groups -OCH3 is 1. The molecule has 0 N–H and O–H groups in total. The third-order valence-corrected chi connectivity index (χ3v) is 3.16. The van der Waals surface area contributed by atoms with Gasteiger partial charge in [0.05, 0.1) is 7.11 Å². The average molecular weight is 301 g/mol. The number of hydrogen-bond donors (Lipinski definition) is 0. The standard InChI is InChI=1S/C13H17BrO3/c1-10(15)17-12(9-14)8-7-11-5-3-4-6-13(11)16-2/h3-6,12H,7-9H2,1-2H3/t12-/m0/s1. The normalized spacial score (nSPS) is 11.9. The first-order chi connectivity index (χ1) is 8.17. The van der Waals surface area contributed by atoms with Gasteiger partial charge in [0.1, 0.15) is 11.9 Å². The topological polar surface area (TPSA) is 35.5 Å². The highest BCUT2D eigenvalue weighted by Crippen LogP contribution is 2.20. The SMILES string of the molecule is COc1ccccc1CC[C@@H](CBr)OC(C)=O. The van der Waals surface area contributed by atoms with Gasteiger partial charge in [-0.3, -0.25) is 4.79 Å². The zero-order valence-electron chi connectivity index (χ0n) is 10.1. The number of alkyl halides is 1. The molecule has 0 spiro atoms. The van der Waals surface area contributed by atoms with E-state index in [1.54, 1.807) is 7.11 Å². The van der Waals surface area contributed by atoms with Gasteiger partial charge in [0.25, 0.3) is 0 Å². The Morgan fingerprint density at radius 2 is 2.12 bits per heavy atom. The highest BCUT2D eigenvalue weighted by Gasteiger charge is 2.11. The average Bonchev–Trinajstić information content (AvgIpc) is 2.34. The molecule has 0 aliphatic heterocycles. The van der Waals surface area contributed by atoms with Gasteiger partial charge in [0.2, 0.25) is 0 Å². The summed E-state index contributed by atoms with van der Waals surface area (Å²) < 4.78 is 10.4. The highest BCUT2D eigenvalue weighted by atomic mass is 79.9. The molecule has 3 nitrogen and oxygen atoms in total. The van der Waals surface area contributed by atoms with Crippen molar-refractivity contribution in [1.82, 2.24) is 0 Å². The summed E-state index contributed by atoms with van der Waals surface area (Å²) in [7, 11) is 1.66. The first-order valence-electron chi connectivity index (χ1n) is 5.52. The van der Waals surface area contributed by atoms with Gasteiger partial charge in [-0.25, -0.2) is 0 Å². The molecule has 1 rings (SSSR count). The van der Waals surface area contributed by atoms with Gasteiger partial charge in [-0.2, -0.15) is 0 Å². The number of halogens is 1. The van der Waals surface area contributed by atoms with Crippen molar-refractivity contribution in [3.63, 3.8) is 0 Å². The molecule has 4 heteroatoms. The van der Waals surface area contributed by atoms with Crippen molar-refractivity contribution in [2.24, 2.45) is 0 Å². The lowest BCUT2D eigenvalue weighted by Crippen LogP contribution is -2.18. The van der Waals surface area contributed by atoms with Crippen LogP contribution < -0.4 is 4.74 Å². The Kier molecular flexibility index (Phi) is 6.05. The second-order valence-electron chi connectivity index (χ2n) is 3.74. The van der Waals surface area contributed by atoms with Crippen molar-refractivity contribution < 1.29 is 14.3 Å². The van der Waals surface area contributed by atoms with E-state index in [0.29, 0.717) is 5.33 Å². The molecule has 0 radical (unpaired) electrons. The molecular formula is C13H17BrO3. The van der Waals surface area contributed by atoms with Crippen molar-refractivity contribution in [1.29, 1.82) is 0 Å². The molecule has 17 heavy (non-hydrogen) atoms. The van der Waals surface area contributed by atoms with Gasteiger partial charge >= 0.3 is 5.97 Å². The van der Waals surface area contributed by atoms with Gasteiger partial charge in [0, 0.05) is 12.3 Å². The van der Waals surface area contributed by atoms with E-state index in [-0.39, 0.29) is 12.1 Å². The van der Waals surface area contributed by atoms with E-state index in [1.165, 1.54) is 6.92 Å².